The number of para-hydroxylation sites is 1. The van der Waals surface area contributed by atoms with E-state index in [9.17, 15) is 0 Å². The molecule has 3 aromatic rings. The lowest BCUT2D eigenvalue weighted by Crippen LogP contribution is -2.34. The summed E-state index contributed by atoms with van der Waals surface area (Å²) in [7, 11) is 0. The third-order valence-electron chi connectivity index (χ3n) is 5.46. The Hall–Kier alpha value is -2.17. The van der Waals surface area contributed by atoms with Gasteiger partial charge in [-0.2, -0.15) is 0 Å². The number of imidazole rings is 1. The lowest BCUT2D eigenvalue weighted by Gasteiger charge is -2.31. The highest BCUT2D eigenvalue weighted by atomic mass is 15.1. The Labute approximate surface area is 155 Å². The Kier molecular flexibility index (Phi) is 5.05. The molecule has 0 spiro atoms. The van der Waals surface area contributed by atoms with Crippen LogP contribution in [0.15, 0.2) is 42.5 Å². The monoisotopic (exact) mass is 348 g/mol. The molecule has 2 heterocycles. The second-order valence-electron chi connectivity index (χ2n) is 7.53. The van der Waals surface area contributed by atoms with Gasteiger partial charge in [-0.1, -0.05) is 36.4 Å². The normalized spacial score (nSPS) is 18.5. The van der Waals surface area contributed by atoms with Crippen molar-refractivity contribution in [1.82, 2.24) is 14.9 Å². The predicted octanol–water partition coefficient (Wildman–Crippen LogP) is 3.75. The first kappa shape index (κ1) is 17.3. The molecule has 0 amide bonds. The van der Waals surface area contributed by atoms with Crippen molar-refractivity contribution in [3.63, 3.8) is 0 Å². The minimum atomic E-state index is 0.489. The zero-order valence-corrected chi connectivity index (χ0v) is 15.5. The number of aromatic amines is 1. The lowest BCUT2D eigenvalue weighted by molar-refractivity contribution is 0.197. The summed E-state index contributed by atoms with van der Waals surface area (Å²) in [6.45, 7) is 6.08. The molecule has 3 N–H and O–H groups in total. The molecule has 1 aliphatic rings. The Morgan fingerprint density at radius 1 is 1.19 bits per heavy atom. The number of aryl methyl sites for hydroxylation is 1. The van der Waals surface area contributed by atoms with Crippen LogP contribution in [0.1, 0.15) is 41.3 Å². The van der Waals surface area contributed by atoms with Gasteiger partial charge < -0.3 is 10.7 Å². The van der Waals surface area contributed by atoms with Crippen LogP contribution in [0.3, 0.4) is 0 Å². The van der Waals surface area contributed by atoms with Crippen molar-refractivity contribution in [3.8, 4) is 0 Å². The number of benzene rings is 2. The van der Waals surface area contributed by atoms with Crippen molar-refractivity contribution < 1.29 is 0 Å². The zero-order valence-electron chi connectivity index (χ0n) is 15.5. The molecule has 136 valence electrons. The van der Waals surface area contributed by atoms with Crippen LogP contribution in [0.2, 0.25) is 0 Å². The number of nitrogens with zero attached hydrogens (tertiary/aromatic N) is 2. The molecule has 4 nitrogen and oxygen atoms in total. The summed E-state index contributed by atoms with van der Waals surface area (Å²) in [4.78, 5) is 11.0. The molecule has 1 atom stereocenters. The summed E-state index contributed by atoms with van der Waals surface area (Å²) < 4.78 is 0. The maximum Gasteiger partial charge on any atom is 0.111 e. The van der Waals surface area contributed by atoms with E-state index in [1.807, 2.05) is 0 Å². The average Bonchev–Trinajstić information content (AvgIpc) is 3.08. The van der Waals surface area contributed by atoms with E-state index in [1.54, 1.807) is 0 Å². The molecule has 0 bridgehead atoms. The smallest absolute Gasteiger partial charge is 0.111 e. The van der Waals surface area contributed by atoms with Crippen LogP contribution in [0.25, 0.3) is 11.0 Å². The van der Waals surface area contributed by atoms with E-state index in [1.165, 1.54) is 29.5 Å². The summed E-state index contributed by atoms with van der Waals surface area (Å²) in [5, 5.41) is 0. The maximum atomic E-state index is 5.70. The van der Waals surface area contributed by atoms with Gasteiger partial charge in [0.1, 0.15) is 5.82 Å². The first-order valence-electron chi connectivity index (χ1n) is 9.68. The van der Waals surface area contributed by atoms with E-state index in [0.717, 1.165) is 42.9 Å². The Morgan fingerprint density at radius 2 is 2.04 bits per heavy atom. The van der Waals surface area contributed by atoms with Crippen molar-refractivity contribution in [1.29, 1.82) is 0 Å². The summed E-state index contributed by atoms with van der Waals surface area (Å²) in [5.74, 6) is 1.64. The van der Waals surface area contributed by atoms with Crippen LogP contribution >= 0.6 is 0 Å². The number of nitrogens with two attached hydrogens (primary N) is 1. The highest BCUT2D eigenvalue weighted by Crippen LogP contribution is 2.28. The van der Waals surface area contributed by atoms with E-state index in [0.29, 0.717) is 12.5 Å². The fourth-order valence-corrected chi connectivity index (χ4v) is 4.12. The van der Waals surface area contributed by atoms with E-state index in [2.05, 4.69) is 59.3 Å². The molecular weight excluding hydrogens is 320 g/mol. The largest absolute Gasteiger partial charge is 0.342 e. The van der Waals surface area contributed by atoms with Crippen molar-refractivity contribution in [3.05, 3.63) is 65.0 Å². The molecule has 1 saturated heterocycles. The van der Waals surface area contributed by atoms with E-state index in [-0.39, 0.29) is 0 Å². The van der Waals surface area contributed by atoms with Crippen LogP contribution < -0.4 is 5.73 Å². The predicted molar refractivity (Wildman–Crippen MR) is 107 cm³/mol. The van der Waals surface area contributed by atoms with Crippen LogP contribution in [0.4, 0.5) is 0 Å². The first-order valence-corrected chi connectivity index (χ1v) is 9.68. The third kappa shape index (κ3) is 3.67. The summed E-state index contributed by atoms with van der Waals surface area (Å²) in [5.41, 5.74) is 11.9. The van der Waals surface area contributed by atoms with Crippen molar-refractivity contribution in [2.45, 2.75) is 38.6 Å². The van der Waals surface area contributed by atoms with Gasteiger partial charge in [-0.05, 0) is 62.0 Å². The standard InChI is InChI=1S/C22H28N4/c1-16-5-2-9-20-21(16)25-22(24-20)19-8-4-12-26(15-19)14-18-7-3-6-17(13-18)10-11-23/h2-3,5-7,9,13,19H,4,8,10-12,14-15,23H2,1H3,(H,24,25)/t19-/m0/s1. The van der Waals surface area contributed by atoms with Crippen LogP contribution in [-0.2, 0) is 13.0 Å². The van der Waals surface area contributed by atoms with Crippen molar-refractivity contribution in [2.75, 3.05) is 19.6 Å². The van der Waals surface area contributed by atoms with Gasteiger partial charge in [-0.25, -0.2) is 4.98 Å². The molecule has 1 aromatic heterocycles. The fraction of sp³-hybridized carbons (Fsp3) is 0.409. The number of piperidine rings is 1. The molecule has 4 rings (SSSR count). The Bertz CT molecular complexity index is 883. The molecule has 26 heavy (non-hydrogen) atoms. The van der Waals surface area contributed by atoms with Gasteiger partial charge in [-0.15, -0.1) is 0 Å². The number of rotatable bonds is 5. The molecule has 0 unspecified atom stereocenters. The second-order valence-corrected chi connectivity index (χ2v) is 7.53. The first-order chi connectivity index (χ1) is 12.7. The van der Waals surface area contributed by atoms with Crippen molar-refractivity contribution in [2.24, 2.45) is 5.73 Å². The maximum absolute atomic E-state index is 5.70. The quantitative estimate of drug-likeness (QED) is 0.738. The topological polar surface area (TPSA) is 57.9 Å². The number of aromatic nitrogens is 2. The van der Waals surface area contributed by atoms with Crippen LogP contribution in [0.5, 0.6) is 0 Å². The summed E-state index contributed by atoms with van der Waals surface area (Å²) >= 11 is 0. The van der Waals surface area contributed by atoms with Gasteiger partial charge in [0.05, 0.1) is 11.0 Å². The second kappa shape index (κ2) is 7.60. The molecule has 0 aliphatic carbocycles. The number of hydrogen-bond donors (Lipinski definition) is 2. The minimum Gasteiger partial charge on any atom is -0.342 e. The highest BCUT2D eigenvalue weighted by Gasteiger charge is 2.24. The number of nitrogens with one attached hydrogen (secondary N) is 1. The van der Waals surface area contributed by atoms with Gasteiger partial charge in [-0.3, -0.25) is 4.90 Å². The number of H-pyrrole nitrogens is 1. The minimum absolute atomic E-state index is 0.489. The Balaban J connectivity index is 1.48. The Morgan fingerprint density at radius 3 is 2.88 bits per heavy atom. The molecule has 1 fully saturated rings. The summed E-state index contributed by atoms with van der Waals surface area (Å²) in [6.07, 6.45) is 3.39. The molecule has 0 radical (unpaired) electrons. The molecule has 4 heteroatoms. The van der Waals surface area contributed by atoms with Gasteiger partial charge in [0.2, 0.25) is 0 Å². The van der Waals surface area contributed by atoms with Gasteiger partial charge in [0, 0.05) is 19.0 Å². The fourth-order valence-electron chi connectivity index (χ4n) is 4.12. The molecule has 0 saturated carbocycles. The average molecular weight is 348 g/mol. The zero-order chi connectivity index (χ0) is 17.9. The van der Waals surface area contributed by atoms with Crippen molar-refractivity contribution >= 4 is 11.0 Å². The van der Waals surface area contributed by atoms with Crippen LogP contribution in [0, 0.1) is 6.92 Å². The number of likely N-dealkylation sites (tertiary alicyclic amines) is 1. The molecular formula is C22H28N4. The van der Waals surface area contributed by atoms with E-state index in [4.69, 9.17) is 10.7 Å². The number of fused-ring (bicyclic) bond motifs is 1. The molecule has 1 aliphatic heterocycles. The van der Waals surface area contributed by atoms with Gasteiger partial charge >= 0.3 is 0 Å². The third-order valence-corrected chi connectivity index (χ3v) is 5.46. The SMILES string of the molecule is Cc1cccc2[nH]c([C@H]3CCCN(Cc4cccc(CCN)c4)C3)nc12. The van der Waals surface area contributed by atoms with E-state index < -0.39 is 0 Å². The van der Waals surface area contributed by atoms with Gasteiger partial charge in [0.25, 0.3) is 0 Å². The lowest BCUT2D eigenvalue weighted by atomic mass is 9.96. The number of hydrogen-bond acceptors (Lipinski definition) is 3. The summed E-state index contributed by atoms with van der Waals surface area (Å²) in [6, 6.07) is 15.2. The van der Waals surface area contributed by atoms with E-state index >= 15 is 0 Å². The van der Waals surface area contributed by atoms with Crippen LogP contribution in [-0.4, -0.2) is 34.5 Å². The highest BCUT2D eigenvalue weighted by molar-refractivity contribution is 5.78. The molecule has 2 aromatic carbocycles. The van der Waals surface area contributed by atoms with Gasteiger partial charge in [0.15, 0.2) is 0 Å².